The van der Waals surface area contributed by atoms with Gasteiger partial charge in [0.05, 0.1) is 5.60 Å². The second-order valence-electron chi connectivity index (χ2n) is 4.44. The lowest BCUT2D eigenvalue weighted by atomic mass is 10.1. The Kier molecular flexibility index (Phi) is 2.40. The predicted octanol–water partition coefficient (Wildman–Crippen LogP) is 2.35. The number of aromatic nitrogens is 1. The molecule has 1 aromatic heterocycles. The molecule has 1 aromatic carbocycles. The fraction of sp³-hybridized carbons (Fsp3) is 0.333. The predicted molar refractivity (Wildman–Crippen MR) is 63.1 cm³/mol. The molecule has 0 saturated carbocycles. The van der Waals surface area contributed by atoms with Crippen LogP contribution in [0.3, 0.4) is 0 Å². The molecule has 2 aromatic rings. The number of aliphatic hydroxyl groups is 1. The molecular weight excluding hydrogens is 188 g/mol. The molecule has 2 rings (SSSR count). The van der Waals surface area contributed by atoms with Crippen molar-refractivity contribution in [2.45, 2.75) is 19.4 Å². The van der Waals surface area contributed by atoms with Crippen molar-refractivity contribution in [3.63, 3.8) is 0 Å². The Morgan fingerprint density at radius 1 is 1.33 bits per heavy atom. The van der Waals surface area contributed by atoms with Crippen molar-refractivity contribution in [2.24, 2.45) is 0 Å². The maximum atomic E-state index is 9.58. The first-order chi connectivity index (χ1) is 7.04. The van der Waals surface area contributed by atoms with Gasteiger partial charge in [0.1, 0.15) is 5.82 Å². The summed E-state index contributed by atoms with van der Waals surface area (Å²) in [5.41, 5.74) is 0.410. The topological polar surface area (TPSA) is 48.0 Å². The van der Waals surface area contributed by atoms with Crippen LogP contribution < -0.4 is 5.32 Å². The van der Waals surface area contributed by atoms with Gasteiger partial charge in [-0.3, -0.25) is 0 Å². The van der Waals surface area contributed by atoms with Gasteiger partial charge < -0.3 is 15.4 Å². The molecular formula is C12H16N2O. The van der Waals surface area contributed by atoms with Crippen LogP contribution in [-0.4, -0.2) is 22.2 Å². The molecule has 80 valence electrons. The van der Waals surface area contributed by atoms with Crippen LogP contribution in [0.1, 0.15) is 13.8 Å². The summed E-state index contributed by atoms with van der Waals surface area (Å²) in [6, 6.07) is 10.1. The van der Waals surface area contributed by atoms with Crippen molar-refractivity contribution in [3.05, 3.63) is 30.3 Å². The van der Waals surface area contributed by atoms with E-state index in [9.17, 15) is 5.11 Å². The first-order valence-electron chi connectivity index (χ1n) is 5.09. The second-order valence-corrected chi connectivity index (χ2v) is 4.44. The Bertz CT molecular complexity index is 421. The van der Waals surface area contributed by atoms with Gasteiger partial charge >= 0.3 is 0 Å². The van der Waals surface area contributed by atoms with Gasteiger partial charge in [-0.05, 0) is 26.0 Å². The molecule has 3 N–H and O–H groups in total. The fourth-order valence-corrected chi connectivity index (χ4v) is 1.48. The minimum absolute atomic E-state index is 0.528. The van der Waals surface area contributed by atoms with E-state index in [1.54, 1.807) is 13.8 Å². The number of anilines is 1. The second kappa shape index (κ2) is 3.59. The zero-order valence-electron chi connectivity index (χ0n) is 9.04. The third kappa shape index (κ3) is 2.50. The average Bonchev–Trinajstić information content (AvgIpc) is 2.56. The highest BCUT2D eigenvalue weighted by atomic mass is 16.3. The number of benzene rings is 1. The summed E-state index contributed by atoms with van der Waals surface area (Å²) >= 11 is 0. The normalized spacial score (nSPS) is 11.9. The quantitative estimate of drug-likeness (QED) is 0.718. The largest absolute Gasteiger partial charge is 0.389 e. The van der Waals surface area contributed by atoms with Crippen LogP contribution in [0.2, 0.25) is 0 Å². The van der Waals surface area contributed by atoms with Crippen LogP contribution in [0.25, 0.3) is 10.9 Å². The number of aromatic amines is 1. The van der Waals surface area contributed by atoms with Crippen molar-refractivity contribution in [1.82, 2.24) is 4.98 Å². The number of hydrogen-bond donors (Lipinski definition) is 3. The van der Waals surface area contributed by atoms with E-state index in [0.717, 1.165) is 11.3 Å². The lowest BCUT2D eigenvalue weighted by Gasteiger charge is -2.17. The smallest absolute Gasteiger partial charge is 0.104 e. The molecule has 0 atom stereocenters. The summed E-state index contributed by atoms with van der Waals surface area (Å²) in [6.07, 6.45) is 0. The third-order valence-corrected chi connectivity index (χ3v) is 2.24. The molecule has 15 heavy (non-hydrogen) atoms. The zero-order valence-corrected chi connectivity index (χ0v) is 9.04. The third-order valence-electron chi connectivity index (χ3n) is 2.24. The zero-order chi connectivity index (χ0) is 10.9. The lowest BCUT2D eigenvalue weighted by Crippen LogP contribution is -2.29. The highest BCUT2D eigenvalue weighted by Gasteiger charge is 2.11. The van der Waals surface area contributed by atoms with Gasteiger partial charge in [0.2, 0.25) is 0 Å². The van der Waals surface area contributed by atoms with Gasteiger partial charge in [-0.2, -0.15) is 0 Å². The summed E-state index contributed by atoms with van der Waals surface area (Å²) in [5, 5.41) is 13.9. The van der Waals surface area contributed by atoms with Gasteiger partial charge in [-0.1, -0.05) is 18.2 Å². The van der Waals surface area contributed by atoms with Crippen LogP contribution in [0.5, 0.6) is 0 Å². The molecule has 0 aliphatic carbocycles. The maximum absolute atomic E-state index is 9.58. The highest BCUT2D eigenvalue weighted by Crippen LogP contribution is 2.18. The summed E-state index contributed by atoms with van der Waals surface area (Å²) in [5.74, 6) is 0.943. The molecule has 0 aliphatic heterocycles. The number of para-hydroxylation sites is 1. The Balaban J connectivity index is 2.16. The number of fused-ring (bicyclic) bond motifs is 1. The van der Waals surface area contributed by atoms with E-state index in [2.05, 4.69) is 16.4 Å². The fourth-order valence-electron chi connectivity index (χ4n) is 1.48. The van der Waals surface area contributed by atoms with E-state index in [-0.39, 0.29) is 0 Å². The maximum Gasteiger partial charge on any atom is 0.104 e. The van der Waals surface area contributed by atoms with Crippen molar-refractivity contribution in [1.29, 1.82) is 0 Å². The average molecular weight is 204 g/mol. The van der Waals surface area contributed by atoms with E-state index in [0.29, 0.717) is 6.54 Å². The van der Waals surface area contributed by atoms with Crippen LogP contribution in [0.15, 0.2) is 30.3 Å². The molecule has 0 bridgehead atoms. The van der Waals surface area contributed by atoms with Gasteiger partial charge in [-0.25, -0.2) is 0 Å². The van der Waals surface area contributed by atoms with Gasteiger partial charge in [-0.15, -0.1) is 0 Å². The number of nitrogens with one attached hydrogen (secondary N) is 2. The number of H-pyrrole nitrogens is 1. The van der Waals surface area contributed by atoms with E-state index in [1.807, 2.05) is 24.3 Å². The SMILES string of the molecule is CC(C)(O)CNc1cc2ccccc2[nH]1. The van der Waals surface area contributed by atoms with Crippen molar-refractivity contribution in [2.75, 3.05) is 11.9 Å². The lowest BCUT2D eigenvalue weighted by molar-refractivity contribution is 0.0944. The van der Waals surface area contributed by atoms with Crippen LogP contribution in [-0.2, 0) is 0 Å². The van der Waals surface area contributed by atoms with Crippen LogP contribution in [0.4, 0.5) is 5.82 Å². The van der Waals surface area contributed by atoms with Crippen molar-refractivity contribution in [3.8, 4) is 0 Å². The van der Waals surface area contributed by atoms with Crippen molar-refractivity contribution < 1.29 is 5.11 Å². The number of rotatable bonds is 3. The summed E-state index contributed by atoms with van der Waals surface area (Å²) in [4.78, 5) is 3.25. The van der Waals surface area contributed by atoms with Crippen molar-refractivity contribution >= 4 is 16.7 Å². The molecule has 0 aliphatic rings. The minimum Gasteiger partial charge on any atom is -0.389 e. The molecule has 0 radical (unpaired) electrons. The van der Waals surface area contributed by atoms with Gasteiger partial charge in [0.25, 0.3) is 0 Å². The summed E-state index contributed by atoms with van der Waals surface area (Å²) in [6.45, 7) is 4.09. The van der Waals surface area contributed by atoms with E-state index < -0.39 is 5.60 Å². The van der Waals surface area contributed by atoms with Crippen LogP contribution >= 0.6 is 0 Å². The van der Waals surface area contributed by atoms with Crippen LogP contribution in [0, 0.1) is 0 Å². The molecule has 0 unspecified atom stereocenters. The number of hydrogen-bond acceptors (Lipinski definition) is 2. The first-order valence-corrected chi connectivity index (χ1v) is 5.09. The summed E-state index contributed by atoms with van der Waals surface area (Å²) < 4.78 is 0. The summed E-state index contributed by atoms with van der Waals surface area (Å²) in [7, 11) is 0. The van der Waals surface area contributed by atoms with E-state index in [4.69, 9.17) is 0 Å². The van der Waals surface area contributed by atoms with E-state index >= 15 is 0 Å². The highest BCUT2D eigenvalue weighted by molar-refractivity contribution is 5.83. The Morgan fingerprint density at radius 2 is 2.07 bits per heavy atom. The standard InChI is InChI=1S/C12H16N2O/c1-12(2,15)8-13-11-7-9-5-3-4-6-10(9)14-11/h3-7,13-15H,8H2,1-2H3. The Labute approximate surface area is 89.1 Å². The molecule has 0 amide bonds. The minimum atomic E-state index is -0.697. The molecule has 0 fully saturated rings. The van der Waals surface area contributed by atoms with E-state index in [1.165, 1.54) is 5.39 Å². The molecule has 3 heteroatoms. The molecule has 0 saturated heterocycles. The molecule has 3 nitrogen and oxygen atoms in total. The Morgan fingerprint density at radius 3 is 2.73 bits per heavy atom. The Hall–Kier alpha value is -1.48. The molecule has 1 heterocycles. The molecule has 0 spiro atoms. The monoisotopic (exact) mass is 204 g/mol. The van der Waals surface area contributed by atoms with Gasteiger partial charge in [0, 0.05) is 17.4 Å². The first kappa shape index (κ1) is 10.1. The van der Waals surface area contributed by atoms with Gasteiger partial charge in [0.15, 0.2) is 0 Å².